The molecule has 0 atom stereocenters. The van der Waals surface area contributed by atoms with Crippen LogP contribution < -0.4 is 11.1 Å². The van der Waals surface area contributed by atoms with Crippen molar-refractivity contribution in [1.82, 2.24) is 0 Å². The smallest absolute Gasteiger partial charge is 0.0549 e. The molecule has 2 nitrogen and oxygen atoms in total. The third-order valence-electron chi connectivity index (χ3n) is 2.55. The number of halogens is 3. The SMILES string of the molecule is Cc1cc(Nc2ccc(Cl)c(Br)c2)c(Br)cc1N. The molecule has 0 heterocycles. The van der Waals surface area contributed by atoms with Gasteiger partial charge in [0.2, 0.25) is 0 Å². The zero-order valence-corrected chi connectivity index (χ0v) is 13.5. The van der Waals surface area contributed by atoms with Gasteiger partial charge in [0.15, 0.2) is 0 Å². The van der Waals surface area contributed by atoms with E-state index in [1.54, 1.807) is 0 Å². The van der Waals surface area contributed by atoms with Crippen molar-refractivity contribution >= 4 is 60.5 Å². The van der Waals surface area contributed by atoms with E-state index in [-0.39, 0.29) is 0 Å². The van der Waals surface area contributed by atoms with Gasteiger partial charge in [0, 0.05) is 20.3 Å². The van der Waals surface area contributed by atoms with Gasteiger partial charge in [-0.3, -0.25) is 0 Å². The van der Waals surface area contributed by atoms with Gasteiger partial charge in [-0.1, -0.05) is 11.6 Å². The van der Waals surface area contributed by atoms with Crippen LogP contribution in [0.4, 0.5) is 17.1 Å². The molecular formula is C13H11Br2ClN2. The molecule has 0 aliphatic rings. The third-order valence-corrected chi connectivity index (χ3v) is 4.42. The van der Waals surface area contributed by atoms with Crippen molar-refractivity contribution in [3.8, 4) is 0 Å². The molecule has 2 aromatic rings. The van der Waals surface area contributed by atoms with Crippen molar-refractivity contribution < 1.29 is 0 Å². The van der Waals surface area contributed by atoms with Crippen LogP contribution in [0.25, 0.3) is 0 Å². The molecule has 0 unspecified atom stereocenters. The second-order valence-electron chi connectivity index (χ2n) is 3.94. The van der Waals surface area contributed by atoms with Crippen LogP contribution in [-0.4, -0.2) is 0 Å². The van der Waals surface area contributed by atoms with Crippen molar-refractivity contribution in [1.29, 1.82) is 0 Å². The zero-order valence-electron chi connectivity index (χ0n) is 9.60. The summed E-state index contributed by atoms with van der Waals surface area (Å²) in [5.41, 5.74) is 9.57. The summed E-state index contributed by atoms with van der Waals surface area (Å²) in [7, 11) is 0. The van der Waals surface area contributed by atoms with Crippen LogP contribution in [0.15, 0.2) is 39.3 Å². The van der Waals surface area contributed by atoms with Gasteiger partial charge in [0.05, 0.1) is 10.7 Å². The Hall–Kier alpha value is -0.710. The largest absolute Gasteiger partial charge is 0.398 e. The maximum Gasteiger partial charge on any atom is 0.0549 e. The molecule has 3 N–H and O–H groups in total. The summed E-state index contributed by atoms with van der Waals surface area (Å²) in [4.78, 5) is 0. The second kappa shape index (κ2) is 5.51. The standard InChI is InChI=1S/C13H11Br2ClN2/c1-7-4-13(10(15)6-12(7)17)18-8-2-3-11(16)9(14)5-8/h2-6,18H,17H2,1H3. The molecule has 0 bridgehead atoms. The second-order valence-corrected chi connectivity index (χ2v) is 6.06. The third kappa shape index (κ3) is 2.99. The minimum atomic E-state index is 0.688. The first kappa shape index (κ1) is 13.7. The molecular weight excluding hydrogens is 379 g/mol. The van der Waals surface area contributed by atoms with E-state index in [0.29, 0.717) is 5.02 Å². The molecule has 0 fully saturated rings. The number of nitrogens with two attached hydrogens (primary N) is 1. The average Bonchev–Trinajstić information content (AvgIpc) is 2.31. The number of hydrogen-bond acceptors (Lipinski definition) is 2. The van der Waals surface area contributed by atoms with Crippen LogP contribution in [0, 0.1) is 6.92 Å². The Morgan fingerprint density at radius 2 is 1.83 bits per heavy atom. The molecule has 18 heavy (non-hydrogen) atoms. The maximum absolute atomic E-state index is 5.96. The minimum Gasteiger partial charge on any atom is -0.398 e. The highest BCUT2D eigenvalue weighted by atomic mass is 79.9. The normalized spacial score (nSPS) is 10.4. The predicted molar refractivity (Wildman–Crippen MR) is 85.7 cm³/mol. The Morgan fingerprint density at radius 1 is 1.11 bits per heavy atom. The van der Waals surface area contributed by atoms with E-state index >= 15 is 0 Å². The molecule has 2 aromatic carbocycles. The Balaban J connectivity index is 2.34. The van der Waals surface area contributed by atoms with Gasteiger partial charge in [-0.05, 0) is 74.7 Å². The van der Waals surface area contributed by atoms with E-state index in [0.717, 1.165) is 31.6 Å². The molecule has 0 saturated heterocycles. The molecule has 0 spiro atoms. The Bertz CT molecular complexity index is 600. The van der Waals surface area contributed by atoms with Gasteiger partial charge in [0.1, 0.15) is 0 Å². The van der Waals surface area contributed by atoms with Gasteiger partial charge in [0.25, 0.3) is 0 Å². The number of nitrogen functional groups attached to an aromatic ring is 1. The van der Waals surface area contributed by atoms with Gasteiger partial charge < -0.3 is 11.1 Å². The predicted octanol–water partition coefficient (Wildman–Crippen LogP) is 5.50. The molecule has 0 aliphatic heterocycles. The molecule has 94 valence electrons. The van der Waals surface area contributed by atoms with Crippen molar-refractivity contribution in [2.75, 3.05) is 11.1 Å². The molecule has 0 amide bonds. The number of hydrogen-bond donors (Lipinski definition) is 2. The monoisotopic (exact) mass is 388 g/mol. The highest BCUT2D eigenvalue weighted by Gasteiger charge is 2.05. The van der Waals surface area contributed by atoms with Gasteiger partial charge in [-0.25, -0.2) is 0 Å². The van der Waals surface area contributed by atoms with E-state index < -0.39 is 0 Å². The lowest BCUT2D eigenvalue weighted by Gasteiger charge is -2.12. The Morgan fingerprint density at radius 3 is 2.50 bits per heavy atom. The van der Waals surface area contributed by atoms with E-state index in [4.69, 9.17) is 17.3 Å². The first-order chi connectivity index (χ1) is 8.47. The lowest BCUT2D eigenvalue weighted by atomic mass is 10.2. The molecule has 5 heteroatoms. The fourth-order valence-electron chi connectivity index (χ4n) is 1.52. The number of benzene rings is 2. The van der Waals surface area contributed by atoms with Crippen LogP contribution in [0.5, 0.6) is 0 Å². The summed E-state index contributed by atoms with van der Waals surface area (Å²) in [6.45, 7) is 1.98. The van der Waals surface area contributed by atoms with Crippen LogP contribution in [0.2, 0.25) is 5.02 Å². The average molecular weight is 391 g/mol. The Kier molecular flexibility index (Phi) is 4.20. The first-order valence-electron chi connectivity index (χ1n) is 5.25. The fourth-order valence-corrected chi connectivity index (χ4v) is 2.48. The number of anilines is 3. The molecule has 2 rings (SSSR count). The summed E-state index contributed by atoms with van der Waals surface area (Å²) < 4.78 is 1.79. The summed E-state index contributed by atoms with van der Waals surface area (Å²) in [5.74, 6) is 0. The van der Waals surface area contributed by atoms with Crippen molar-refractivity contribution in [3.63, 3.8) is 0 Å². The molecule has 0 radical (unpaired) electrons. The van der Waals surface area contributed by atoms with E-state index in [9.17, 15) is 0 Å². The van der Waals surface area contributed by atoms with Crippen LogP contribution in [0.1, 0.15) is 5.56 Å². The number of nitrogens with one attached hydrogen (secondary N) is 1. The van der Waals surface area contributed by atoms with E-state index in [2.05, 4.69) is 37.2 Å². The van der Waals surface area contributed by atoms with Gasteiger partial charge in [-0.15, -0.1) is 0 Å². The lowest BCUT2D eigenvalue weighted by Crippen LogP contribution is -1.95. The van der Waals surface area contributed by atoms with Crippen molar-refractivity contribution in [3.05, 3.63) is 49.9 Å². The summed E-state index contributed by atoms with van der Waals surface area (Å²) in [5, 5.41) is 4.01. The van der Waals surface area contributed by atoms with Crippen LogP contribution >= 0.6 is 43.5 Å². The van der Waals surface area contributed by atoms with E-state index in [1.807, 2.05) is 37.3 Å². The van der Waals surface area contributed by atoms with Crippen molar-refractivity contribution in [2.45, 2.75) is 6.92 Å². The fraction of sp³-hybridized carbons (Fsp3) is 0.0769. The molecule has 0 aliphatic carbocycles. The summed E-state index contributed by atoms with van der Waals surface area (Å²) in [6, 6.07) is 9.59. The highest BCUT2D eigenvalue weighted by molar-refractivity contribution is 9.11. The molecule has 0 saturated carbocycles. The summed E-state index contributed by atoms with van der Waals surface area (Å²) in [6.07, 6.45) is 0. The topological polar surface area (TPSA) is 38.0 Å². The number of aryl methyl sites for hydroxylation is 1. The quantitative estimate of drug-likeness (QED) is 0.665. The highest BCUT2D eigenvalue weighted by Crippen LogP contribution is 2.32. The number of rotatable bonds is 2. The van der Waals surface area contributed by atoms with Gasteiger partial charge >= 0.3 is 0 Å². The van der Waals surface area contributed by atoms with Gasteiger partial charge in [-0.2, -0.15) is 0 Å². The van der Waals surface area contributed by atoms with Crippen LogP contribution in [0.3, 0.4) is 0 Å². The maximum atomic E-state index is 5.96. The Labute approximate surface area is 128 Å². The van der Waals surface area contributed by atoms with E-state index in [1.165, 1.54) is 0 Å². The first-order valence-corrected chi connectivity index (χ1v) is 7.21. The zero-order chi connectivity index (χ0) is 13.3. The minimum absolute atomic E-state index is 0.688. The lowest BCUT2D eigenvalue weighted by molar-refractivity contribution is 1.43. The van der Waals surface area contributed by atoms with Crippen molar-refractivity contribution in [2.24, 2.45) is 0 Å². The molecule has 0 aromatic heterocycles. The van der Waals surface area contributed by atoms with Crippen LogP contribution in [-0.2, 0) is 0 Å². The summed E-state index contributed by atoms with van der Waals surface area (Å²) >= 11 is 12.9.